The van der Waals surface area contributed by atoms with Gasteiger partial charge in [-0.25, -0.2) is 0 Å². The lowest BCUT2D eigenvalue weighted by Gasteiger charge is -2.39. The van der Waals surface area contributed by atoms with Crippen LogP contribution in [0.3, 0.4) is 0 Å². The second-order valence-corrected chi connectivity index (χ2v) is 5.37. The quantitative estimate of drug-likeness (QED) is 0.617. The minimum atomic E-state index is -0.0887. The number of hydrogen-bond donors (Lipinski definition) is 2. The molecule has 0 bridgehead atoms. The Morgan fingerprint density at radius 1 is 1.22 bits per heavy atom. The summed E-state index contributed by atoms with van der Waals surface area (Å²) in [7, 11) is 1.69. The Hall–Kier alpha value is -0.160. The minimum Gasteiger partial charge on any atom is -0.393 e. The molecule has 0 aromatic carbocycles. The van der Waals surface area contributed by atoms with Gasteiger partial charge in [0.05, 0.1) is 19.3 Å². The third-order valence-corrected chi connectivity index (χ3v) is 3.97. The molecule has 0 aliphatic heterocycles. The summed E-state index contributed by atoms with van der Waals surface area (Å²) in [6.07, 6.45) is 5.07. The zero-order chi connectivity index (χ0) is 13.3. The highest BCUT2D eigenvalue weighted by molar-refractivity contribution is 4.87. The molecule has 1 aliphatic rings. The SMILES string of the molecule is CCNCC1(CCOCCOC)CCC(O)CC1. The van der Waals surface area contributed by atoms with Crippen LogP contribution in [-0.4, -0.2) is 51.2 Å². The summed E-state index contributed by atoms with van der Waals surface area (Å²) in [6.45, 7) is 6.33. The predicted octanol–water partition coefficient (Wildman–Crippen LogP) is 1.57. The molecular weight excluding hydrogens is 230 g/mol. The summed E-state index contributed by atoms with van der Waals surface area (Å²) in [5.74, 6) is 0. The smallest absolute Gasteiger partial charge is 0.0700 e. The first kappa shape index (κ1) is 15.9. The molecule has 0 spiro atoms. The van der Waals surface area contributed by atoms with Gasteiger partial charge >= 0.3 is 0 Å². The van der Waals surface area contributed by atoms with Gasteiger partial charge in [0.1, 0.15) is 0 Å². The van der Waals surface area contributed by atoms with E-state index in [1.165, 1.54) is 0 Å². The predicted molar refractivity (Wildman–Crippen MR) is 72.8 cm³/mol. The van der Waals surface area contributed by atoms with Gasteiger partial charge in [-0.2, -0.15) is 0 Å². The average molecular weight is 259 g/mol. The Labute approximate surface area is 111 Å². The third kappa shape index (κ3) is 5.65. The molecule has 108 valence electrons. The van der Waals surface area contributed by atoms with Crippen LogP contribution >= 0.6 is 0 Å². The maximum atomic E-state index is 9.64. The standard InChI is InChI=1S/C14H29NO3/c1-3-15-12-14(6-4-13(16)5-7-14)8-9-18-11-10-17-2/h13,15-16H,3-12H2,1-2H3. The highest BCUT2D eigenvalue weighted by Crippen LogP contribution is 2.38. The number of rotatable bonds is 9. The molecular formula is C14H29NO3. The van der Waals surface area contributed by atoms with Gasteiger partial charge in [0.2, 0.25) is 0 Å². The summed E-state index contributed by atoms with van der Waals surface area (Å²) in [6, 6.07) is 0. The lowest BCUT2D eigenvalue weighted by Crippen LogP contribution is -2.39. The first-order valence-corrected chi connectivity index (χ1v) is 7.18. The highest BCUT2D eigenvalue weighted by Gasteiger charge is 2.33. The van der Waals surface area contributed by atoms with E-state index >= 15 is 0 Å². The molecule has 1 fully saturated rings. The number of aliphatic hydroxyl groups is 1. The van der Waals surface area contributed by atoms with Crippen molar-refractivity contribution in [3.63, 3.8) is 0 Å². The molecule has 2 N–H and O–H groups in total. The average Bonchev–Trinajstić information content (AvgIpc) is 2.39. The largest absolute Gasteiger partial charge is 0.393 e. The van der Waals surface area contributed by atoms with Crippen molar-refractivity contribution in [2.24, 2.45) is 5.41 Å². The molecule has 18 heavy (non-hydrogen) atoms. The van der Waals surface area contributed by atoms with Crippen LogP contribution in [0.1, 0.15) is 39.0 Å². The Bertz CT molecular complexity index is 198. The van der Waals surface area contributed by atoms with Crippen LogP contribution in [0.5, 0.6) is 0 Å². The van der Waals surface area contributed by atoms with Crippen molar-refractivity contribution >= 4 is 0 Å². The van der Waals surface area contributed by atoms with E-state index < -0.39 is 0 Å². The number of hydrogen-bond acceptors (Lipinski definition) is 4. The van der Waals surface area contributed by atoms with Crippen LogP contribution in [0.4, 0.5) is 0 Å². The molecule has 0 amide bonds. The van der Waals surface area contributed by atoms with Crippen molar-refractivity contribution in [2.75, 3.05) is 40.0 Å². The monoisotopic (exact) mass is 259 g/mol. The van der Waals surface area contributed by atoms with Gasteiger partial charge in [0.15, 0.2) is 0 Å². The van der Waals surface area contributed by atoms with Crippen LogP contribution in [0.15, 0.2) is 0 Å². The zero-order valence-corrected chi connectivity index (χ0v) is 11.9. The van der Waals surface area contributed by atoms with Crippen molar-refractivity contribution in [1.82, 2.24) is 5.32 Å². The van der Waals surface area contributed by atoms with Crippen LogP contribution in [0.2, 0.25) is 0 Å². The molecule has 4 nitrogen and oxygen atoms in total. The van der Waals surface area contributed by atoms with Crippen LogP contribution in [0.25, 0.3) is 0 Å². The van der Waals surface area contributed by atoms with Gasteiger partial charge in [0.25, 0.3) is 0 Å². The fourth-order valence-electron chi connectivity index (χ4n) is 2.65. The first-order chi connectivity index (χ1) is 8.72. The van der Waals surface area contributed by atoms with Gasteiger partial charge in [0, 0.05) is 20.3 Å². The Morgan fingerprint density at radius 2 is 1.94 bits per heavy atom. The second-order valence-electron chi connectivity index (χ2n) is 5.37. The summed E-state index contributed by atoms with van der Waals surface area (Å²) in [4.78, 5) is 0. The number of nitrogens with one attached hydrogen (secondary N) is 1. The Balaban J connectivity index is 2.30. The van der Waals surface area contributed by atoms with Gasteiger partial charge in [-0.3, -0.25) is 0 Å². The second kappa shape index (κ2) is 8.86. The Morgan fingerprint density at radius 3 is 2.56 bits per heavy atom. The highest BCUT2D eigenvalue weighted by atomic mass is 16.5. The fraction of sp³-hybridized carbons (Fsp3) is 1.00. The van der Waals surface area contributed by atoms with E-state index in [2.05, 4.69) is 12.2 Å². The lowest BCUT2D eigenvalue weighted by molar-refractivity contribution is 0.0189. The summed E-state index contributed by atoms with van der Waals surface area (Å²) in [5.41, 5.74) is 0.322. The minimum absolute atomic E-state index is 0.0887. The molecule has 4 heteroatoms. The number of ether oxygens (including phenoxy) is 2. The summed E-state index contributed by atoms with van der Waals surface area (Å²) >= 11 is 0. The van der Waals surface area contributed by atoms with Crippen molar-refractivity contribution in [1.29, 1.82) is 0 Å². The van der Waals surface area contributed by atoms with Crippen LogP contribution in [-0.2, 0) is 9.47 Å². The van der Waals surface area contributed by atoms with E-state index in [1.54, 1.807) is 7.11 Å². The molecule has 1 rings (SSSR count). The van der Waals surface area contributed by atoms with E-state index in [0.717, 1.165) is 51.8 Å². The fourth-order valence-corrected chi connectivity index (χ4v) is 2.65. The third-order valence-electron chi connectivity index (χ3n) is 3.97. The molecule has 0 aromatic heterocycles. The van der Waals surface area contributed by atoms with E-state index in [1.807, 2.05) is 0 Å². The molecule has 0 radical (unpaired) electrons. The van der Waals surface area contributed by atoms with Crippen LogP contribution < -0.4 is 5.32 Å². The molecule has 1 aliphatic carbocycles. The summed E-state index contributed by atoms with van der Waals surface area (Å²) < 4.78 is 10.6. The van der Waals surface area contributed by atoms with Gasteiger partial charge < -0.3 is 19.9 Å². The van der Waals surface area contributed by atoms with E-state index in [0.29, 0.717) is 18.6 Å². The van der Waals surface area contributed by atoms with E-state index in [9.17, 15) is 5.11 Å². The molecule has 0 unspecified atom stereocenters. The van der Waals surface area contributed by atoms with Crippen molar-refractivity contribution in [3.05, 3.63) is 0 Å². The first-order valence-electron chi connectivity index (χ1n) is 7.18. The van der Waals surface area contributed by atoms with Crippen LogP contribution in [0, 0.1) is 5.41 Å². The topological polar surface area (TPSA) is 50.7 Å². The molecule has 0 heterocycles. The number of aliphatic hydroxyl groups excluding tert-OH is 1. The van der Waals surface area contributed by atoms with E-state index in [-0.39, 0.29) is 6.10 Å². The van der Waals surface area contributed by atoms with Crippen molar-refractivity contribution < 1.29 is 14.6 Å². The van der Waals surface area contributed by atoms with Gasteiger partial charge in [-0.1, -0.05) is 6.92 Å². The number of methoxy groups -OCH3 is 1. The molecule has 1 saturated carbocycles. The maximum Gasteiger partial charge on any atom is 0.0700 e. The molecule has 0 aromatic rings. The van der Waals surface area contributed by atoms with Crippen molar-refractivity contribution in [2.45, 2.75) is 45.1 Å². The summed E-state index contributed by atoms with van der Waals surface area (Å²) in [5, 5.41) is 13.1. The van der Waals surface area contributed by atoms with Gasteiger partial charge in [-0.15, -0.1) is 0 Å². The lowest BCUT2D eigenvalue weighted by atomic mass is 9.71. The van der Waals surface area contributed by atoms with E-state index in [4.69, 9.17) is 9.47 Å². The zero-order valence-electron chi connectivity index (χ0n) is 11.9. The normalized spacial score (nSPS) is 28.5. The van der Waals surface area contributed by atoms with Gasteiger partial charge in [-0.05, 0) is 44.1 Å². The van der Waals surface area contributed by atoms with Crippen molar-refractivity contribution in [3.8, 4) is 0 Å². The molecule has 0 atom stereocenters. The Kier molecular flexibility index (Phi) is 7.82. The maximum absolute atomic E-state index is 9.64. The molecule has 0 saturated heterocycles.